The molecule has 11 nitrogen and oxygen atoms in total. The molecule has 1 aromatic heterocycles. The van der Waals surface area contributed by atoms with Crippen LogP contribution in [0.25, 0.3) is 0 Å². The van der Waals surface area contributed by atoms with Gasteiger partial charge in [-0.25, -0.2) is 4.68 Å². The van der Waals surface area contributed by atoms with Crippen molar-refractivity contribution >= 4 is 35.0 Å². The van der Waals surface area contributed by atoms with Gasteiger partial charge < -0.3 is 30.4 Å². The summed E-state index contributed by atoms with van der Waals surface area (Å²) in [5.74, 6) is -1.96. The van der Waals surface area contributed by atoms with Crippen LogP contribution < -0.4 is 16.4 Å². The van der Waals surface area contributed by atoms with Crippen molar-refractivity contribution < 1.29 is 28.9 Å². The number of aliphatic hydroxyl groups is 1. The fourth-order valence-electron chi connectivity index (χ4n) is 3.77. The molecule has 4 rings (SSSR count). The van der Waals surface area contributed by atoms with Crippen LogP contribution in [-0.4, -0.2) is 62.5 Å². The zero-order valence-corrected chi connectivity index (χ0v) is 18.2. The predicted molar refractivity (Wildman–Crippen MR) is 116 cm³/mol. The lowest BCUT2D eigenvalue weighted by Gasteiger charge is -2.24. The quantitative estimate of drug-likeness (QED) is 0.467. The SMILES string of the molecule is CC1(C)OC2C(CO)OC(n3ncc(C(N)=O)c3NC(=S)NC(=O)c3ccccc3)C2O1. The lowest BCUT2D eigenvalue weighted by molar-refractivity contribution is -0.201. The van der Waals surface area contributed by atoms with Gasteiger partial charge in [0.2, 0.25) is 0 Å². The summed E-state index contributed by atoms with van der Waals surface area (Å²) in [6.45, 7) is 3.21. The molecule has 170 valence electrons. The van der Waals surface area contributed by atoms with Crippen LogP contribution in [0.15, 0.2) is 36.5 Å². The topological polar surface area (TPSA) is 150 Å². The Morgan fingerprint density at radius 2 is 1.94 bits per heavy atom. The van der Waals surface area contributed by atoms with Gasteiger partial charge in [-0.05, 0) is 38.2 Å². The molecule has 2 fully saturated rings. The molecule has 0 saturated carbocycles. The van der Waals surface area contributed by atoms with Crippen LogP contribution >= 0.6 is 12.2 Å². The van der Waals surface area contributed by atoms with Gasteiger partial charge in [0.05, 0.1) is 12.8 Å². The number of fused-ring (bicyclic) bond motifs is 1. The second kappa shape index (κ2) is 8.56. The molecule has 0 spiro atoms. The van der Waals surface area contributed by atoms with Gasteiger partial charge in [0, 0.05) is 5.56 Å². The minimum atomic E-state index is -0.892. The van der Waals surface area contributed by atoms with E-state index in [1.807, 2.05) is 0 Å². The third-order valence-corrected chi connectivity index (χ3v) is 5.31. The third-order valence-electron chi connectivity index (χ3n) is 5.10. The van der Waals surface area contributed by atoms with Gasteiger partial charge in [-0.15, -0.1) is 0 Å². The standard InChI is InChI=1S/C20H23N5O6S/c1-20(2)30-13-12(9-26)29-18(14(13)31-20)25-16(11(8-22-25)15(21)27)23-19(32)24-17(28)10-6-4-3-5-7-10/h3-8,12-14,18,26H,9H2,1-2H3,(H2,21,27)(H2,23,24,28,32). The lowest BCUT2D eigenvalue weighted by Crippen LogP contribution is -2.36. The van der Waals surface area contributed by atoms with Crippen LogP contribution in [0.4, 0.5) is 5.82 Å². The minimum absolute atomic E-state index is 0.0343. The highest BCUT2D eigenvalue weighted by Gasteiger charge is 2.56. The van der Waals surface area contributed by atoms with Crippen molar-refractivity contribution in [3.05, 3.63) is 47.7 Å². The van der Waals surface area contributed by atoms with E-state index in [0.29, 0.717) is 5.56 Å². The molecule has 0 radical (unpaired) electrons. The summed E-state index contributed by atoms with van der Waals surface area (Å²) in [7, 11) is 0. The largest absolute Gasteiger partial charge is 0.394 e. The number of ether oxygens (including phenoxy) is 3. The maximum Gasteiger partial charge on any atom is 0.257 e. The number of aromatic nitrogens is 2. The lowest BCUT2D eigenvalue weighted by atomic mass is 10.1. The number of amides is 2. The van der Waals surface area contributed by atoms with Gasteiger partial charge in [-0.1, -0.05) is 18.2 Å². The molecule has 4 unspecified atom stereocenters. The maximum atomic E-state index is 12.4. The Morgan fingerprint density at radius 3 is 2.59 bits per heavy atom. The first-order chi connectivity index (χ1) is 15.2. The van der Waals surface area contributed by atoms with E-state index in [4.69, 9.17) is 32.2 Å². The van der Waals surface area contributed by atoms with Crippen molar-refractivity contribution in [1.29, 1.82) is 0 Å². The fraction of sp³-hybridized carbons (Fsp3) is 0.400. The number of aliphatic hydroxyl groups excluding tert-OH is 1. The van der Waals surface area contributed by atoms with Crippen molar-refractivity contribution in [3.63, 3.8) is 0 Å². The molecule has 0 aliphatic carbocycles. The second-order valence-electron chi connectivity index (χ2n) is 7.80. The van der Waals surface area contributed by atoms with Crippen LogP contribution in [0.5, 0.6) is 0 Å². The van der Waals surface area contributed by atoms with E-state index in [1.54, 1.807) is 44.2 Å². The molecule has 12 heteroatoms. The molecule has 32 heavy (non-hydrogen) atoms. The van der Waals surface area contributed by atoms with Crippen LogP contribution in [-0.2, 0) is 14.2 Å². The molecular formula is C20H23N5O6S. The van der Waals surface area contributed by atoms with Gasteiger partial charge in [-0.3, -0.25) is 14.9 Å². The first-order valence-electron chi connectivity index (χ1n) is 9.87. The monoisotopic (exact) mass is 461 g/mol. The van der Waals surface area contributed by atoms with Crippen LogP contribution in [0, 0.1) is 0 Å². The Labute approximate surface area is 188 Å². The number of nitrogens with one attached hydrogen (secondary N) is 2. The number of hydrogen-bond donors (Lipinski definition) is 4. The molecule has 3 heterocycles. The van der Waals surface area contributed by atoms with Gasteiger partial charge >= 0.3 is 0 Å². The molecular weight excluding hydrogens is 438 g/mol. The molecule has 4 atom stereocenters. The zero-order valence-electron chi connectivity index (χ0n) is 17.3. The number of rotatable bonds is 5. The number of nitrogens with zero attached hydrogens (tertiary/aromatic N) is 2. The van der Waals surface area contributed by atoms with E-state index < -0.39 is 42.1 Å². The average molecular weight is 462 g/mol. The van der Waals surface area contributed by atoms with E-state index in [2.05, 4.69) is 15.7 Å². The van der Waals surface area contributed by atoms with Crippen molar-refractivity contribution in [2.24, 2.45) is 5.73 Å². The number of carbonyl (C=O) groups is 2. The fourth-order valence-corrected chi connectivity index (χ4v) is 3.96. The van der Waals surface area contributed by atoms with Gasteiger partial charge in [-0.2, -0.15) is 5.10 Å². The van der Waals surface area contributed by atoms with Crippen LogP contribution in [0.3, 0.4) is 0 Å². The normalized spacial score (nSPS) is 25.8. The van der Waals surface area contributed by atoms with E-state index in [0.717, 1.165) is 0 Å². The summed E-state index contributed by atoms with van der Waals surface area (Å²) in [6.07, 6.45) is -1.40. The average Bonchev–Trinajstić information content (AvgIpc) is 3.39. The van der Waals surface area contributed by atoms with Crippen molar-refractivity contribution in [2.75, 3.05) is 11.9 Å². The van der Waals surface area contributed by atoms with E-state index in [1.165, 1.54) is 10.9 Å². The Bertz CT molecular complexity index is 1040. The van der Waals surface area contributed by atoms with E-state index in [9.17, 15) is 14.7 Å². The van der Waals surface area contributed by atoms with Gasteiger partial charge in [0.15, 0.2) is 17.1 Å². The highest BCUT2D eigenvalue weighted by atomic mass is 32.1. The summed E-state index contributed by atoms with van der Waals surface area (Å²) < 4.78 is 19.1. The summed E-state index contributed by atoms with van der Waals surface area (Å²) in [5.41, 5.74) is 5.94. The van der Waals surface area contributed by atoms with Crippen LogP contribution in [0.2, 0.25) is 0 Å². The maximum absolute atomic E-state index is 12.4. The summed E-state index contributed by atoms with van der Waals surface area (Å²) in [6, 6.07) is 8.51. The van der Waals surface area contributed by atoms with Crippen molar-refractivity contribution in [2.45, 2.75) is 44.2 Å². The third kappa shape index (κ3) is 4.23. The Morgan fingerprint density at radius 1 is 1.25 bits per heavy atom. The summed E-state index contributed by atoms with van der Waals surface area (Å²) in [5, 5.41) is 19.2. The van der Waals surface area contributed by atoms with E-state index in [-0.39, 0.29) is 23.1 Å². The number of benzene rings is 1. The second-order valence-corrected chi connectivity index (χ2v) is 8.21. The first kappa shape index (κ1) is 22.3. The molecule has 0 bridgehead atoms. The Kier molecular flexibility index (Phi) is 5.97. The molecule has 2 amide bonds. The molecule has 2 aromatic rings. The Hall–Kier alpha value is -2.90. The molecule has 2 aliphatic heterocycles. The van der Waals surface area contributed by atoms with Gasteiger partial charge in [0.1, 0.15) is 29.7 Å². The molecule has 1 aromatic carbocycles. The highest BCUT2D eigenvalue weighted by Crippen LogP contribution is 2.43. The Balaban J connectivity index is 1.59. The number of anilines is 1. The number of thiocarbonyl (C=S) groups is 1. The highest BCUT2D eigenvalue weighted by molar-refractivity contribution is 7.80. The van der Waals surface area contributed by atoms with Gasteiger partial charge in [0.25, 0.3) is 11.8 Å². The number of hydrogen-bond acceptors (Lipinski definition) is 8. The minimum Gasteiger partial charge on any atom is -0.394 e. The summed E-state index contributed by atoms with van der Waals surface area (Å²) in [4.78, 5) is 24.4. The van der Waals surface area contributed by atoms with Crippen molar-refractivity contribution in [3.8, 4) is 0 Å². The summed E-state index contributed by atoms with van der Waals surface area (Å²) >= 11 is 5.26. The van der Waals surface area contributed by atoms with Crippen LogP contribution in [0.1, 0.15) is 40.8 Å². The van der Waals surface area contributed by atoms with E-state index >= 15 is 0 Å². The number of nitrogens with two attached hydrogens (primary N) is 1. The predicted octanol–water partition coefficient (Wildman–Crippen LogP) is 0.519. The zero-order chi connectivity index (χ0) is 23.0. The number of primary amides is 1. The van der Waals surface area contributed by atoms with Crippen molar-refractivity contribution in [1.82, 2.24) is 15.1 Å². The molecule has 2 aliphatic rings. The smallest absolute Gasteiger partial charge is 0.257 e. The first-order valence-corrected chi connectivity index (χ1v) is 10.3. The molecule has 5 N–H and O–H groups in total. The molecule has 2 saturated heterocycles. The number of carbonyl (C=O) groups excluding carboxylic acids is 2.